The first-order valence-electron chi connectivity index (χ1n) is 9.33. The minimum Gasteiger partial charge on any atom is -0.497 e. The molecule has 0 saturated carbocycles. The number of nitrogens with one attached hydrogen (secondary N) is 1. The molecule has 0 radical (unpaired) electrons. The van der Waals surface area contributed by atoms with Gasteiger partial charge in [0, 0.05) is 24.2 Å². The fraction of sp³-hybridized carbons (Fsp3) is 0.250. The quantitative estimate of drug-likeness (QED) is 0.614. The molecular weight excluding hydrogens is 408 g/mol. The number of anilines is 1. The Bertz CT molecular complexity index is 1160. The number of hydrogen-bond acceptors (Lipinski definition) is 7. The summed E-state index contributed by atoms with van der Waals surface area (Å²) in [6.45, 7) is 0.502. The molecule has 4 rings (SSSR count). The molecule has 30 heavy (non-hydrogen) atoms. The zero-order valence-electron chi connectivity index (χ0n) is 16.2. The molecule has 0 atom stereocenters. The maximum absolute atomic E-state index is 12.6. The molecule has 1 aromatic heterocycles. The van der Waals surface area contributed by atoms with E-state index in [-0.39, 0.29) is 23.2 Å². The minimum atomic E-state index is -3.78. The second-order valence-corrected chi connectivity index (χ2v) is 8.48. The van der Waals surface area contributed by atoms with Gasteiger partial charge in [-0.1, -0.05) is 17.3 Å². The van der Waals surface area contributed by atoms with Gasteiger partial charge in [-0.15, -0.1) is 0 Å². The summed E-state index contributed by atoms with van der Waals surface area (Å²) in [6.07, 6.45) is 1.33. The van der Waals surface area contributed by atoms with Crippen molar-refractivity contribution in [1.82, 2.24) is 14.9 Å². The van der Waals surface area contributed by atoms with E-state index in [9.17, 15) is 13.2 Å². The van der Waals surface area contributed by atoms with E-state index >= 15 is 0 Å². The number of amides is 1. The minimum absolute atomic E-state index is 0.0481. The van der Waals surface area contributed by atoms with Gasteiger partial charge >= 0.3 is 0 Å². The van der Waals surface area contributed by atoms with Crippen LogP contribution in [0.3, 0.4) is 0 Å². The molecule has 0 aliphatic carbocycles. The normalized spacial score (nSPS) is 14.3. The number of sulfonamides is 1. The number of carbonyl (C=O) groups is 1. The van der Waals surface area contributed by atoms with Gasteiger partial charge in [-0.3, -0.25) is 4.79 Å². The lowest BCUT2D eigenvalue weighted by Gasteiger charge is -2.15. The summed E-state index contributed by atoms with van der Waals surface area (Å²) in [5.74, 6) is 1.17. The molecule has 2 heterocycles. The van der Waals surface area contributed by atoms with E-state index < -0.39 is 10.0 Å². The van der Waals surface area contributed by atoms with Crippen molar-refractivity contribution in [2.24, 2.45) is 0 Å². The van der Waals surface area contributed by atoms with Crippen molar-refractivity contribution in [2.45, 2.75) is 24.3 Å². The highest BCUT2D eigenvalue weighted by Crippen LogP contribution is 2.24. The van der Waals surface area contributed by atoms with Crippen LogP contribution in [0.5, 0.6) is 5.75 Å². The van der Waals surface area contributed by atoms with Crippen LogP contribution < -0.4 is 14.4 Å². The number of methoxy groups -OCH3 is 1. The fourth-order valence-corrected chi connectivity index (χ4v) is 4.15. The van der Waals surface area contributed by atoms with E-state index in [0.29, 0.717) is 35.8 Å². The van der Waals surface area contributed by atoms with Gasteiger partial charge < -0.3 is 14.2 Å². The van der Waals surface area contributed by atoms with Crippen LogP contribution >= 0.6 is 0 Å². The third-order valence-electron chi connectivity index (χ3n) is 4.74. The number of nitrogens with zero attached hydrogens (tertiary/aromatic N) is 3. The number of aromatic nitrogens is 2. The van der Waals surface area contributed by atoms with Crippen molar-refractivity contribution in [2.75, 3.05) is 18.6 Å². The standard InChI is InChI=1S/C20H20N4O5S/c1-28-16-5-2-4-14(12-16)20-22-18(29-23-20)13-21-30(26,27)17-9-7-15(8-10-17)24-11-3-6-19(24)25/h2,4-5,7-10,12,21H,3,6,11,13H2,1H3. The van der Waals surface area contributed by atoms with Crippen LogP contribution in [-0.2, 0) is 21.4 Å². The second kappa shape index (κ2) is 8.25. The number of carbonyl (C=O) groups excluding carboxylic acids is 1. The van der Waals surface area contributed by atoms with Crippen molar-refractivity contribution < 1.29 is 22.5 Å². The van der Waals surface area contributed by atoms with Crippen molar-refractivity contribution in [3.8, 4) is 17.1 Å². The van der Waals surface area contributed by atoms with Gasteiger partial charge in [0.25, 0.3) is 0 Å². The average Bonchev–Trinajstić information content (AvgIpc) is 3.41. The molecule has 10 heteroatoms. The van der Waals surface area contributed by atoms with Crippen molar-refractivity contribution in [1.29, 1.82) is 0 Å². The summed E-state index contributed by atoms with van der Waals surface area (Å²) in [5, 5.41) is 3.88. The van der Waals surface area contributed by atoms with Crippen LogP contribution in [0.25, 0.3) is 11.4 Å². The molecule has 1 fully saturated rings. The lowest BCUT2D eigenvalue weighted by Crippen LogP contribution is -2.25. The molecule has 1 saturated heterocycles. The molecule has 1 amide bonds. The second-order valence-electron chi connectivity index (χ2n) is 6.71. The third kappa shape index (κ3) is 4.19. The van der Waals surface area contributed by atoms with Crippen LogP contribution in [0.1, 0.15) is 18.7 Å². The number of hydrogen-bond donors (Lipinski definition) is 1. The summed E-state index contributed by atoms with van der Waals surface area (Å²) in [4.78, 5) is 17.8. The lowest BCUT2D eigenvalue weighted by atomic mass is 10.2. The topological polar surface area (TPSA) is 115 Å². The van der Waals surface area contributed by atoms with E-state index in [1.807, 2.05) is 0 Å². The number of ether oxygens (including phenoxy) is 1. The Morgan fingerprint density at radius 2 is 2.00 bits per heavy atom. The molecule has 1 aliphatic heterocycles. The first kappa shape index (κ1) is 20.0. The van der Waals surface area contributed by atoms with E-state index in [4.69, 9.17) is 9.26 Å². The van der Waals surface area contributed by atoms with Gasteiger partial charge in [0.1, 0.15) is 5.75 Å². The van der Waals surface area contributed by atoms with E-state index in [1.165, 1.54) is 12.1 Å². The maximum atomic E-state index is 12.6. The Labute approximate surface area is 173 Å². The number of rotatable bonds is 7. The van der Waals surface area contributed by atoms with Crippen LogP contribution in [0.2, 0.25) is 0 Å². The molecule has 2 aromatic carbocycles. The molecule has 1 aliphatic rings. The van der Waals surface area contributed by atoms with Gasteiger partial charge in [-0.05, 0) is 42.8 Å². The first-order chi connectivity index (χ1) is 14.5. The van der Waals surface area contributed by atoms with Crippen LogP contribution in [0.15, 0.2) is 57.9 Å². The van der Waals surface area contributed by atoms with Crippen LogP contribution in [0.4, 0.5) is 5.69 Å². The van der Waals surface area contributed by atoms with Crippen molar-refractivity contribution >= 4 is 21.6 Å². The Hall–Kier alpha value is -3.24. The molecule has 0 bridgehead atoms. The molecule has 156 valence electrons. The predicted molar refractivity (Wildman–Crippen MR) is 108 cm³/mol. The monoisotopic (exact) mass is 428 g/mol. The first-order valence-corrected chi connectivity index (χ1v) is 10.8. The van der Waals surface area contributed by atoms with Gasteiger partial charge in [0.15, 0.2) is 0 Å². The Morgan fingerprint density at radius 3 is 2.70 bits per heavy atom. The van der Waals surface area contributed by atoms with Gasteiger partial charge in [-0.25, -0.2) is 13.1 Å². The van der Waals surface area contributed by atoms with Gasteiger partial charge in [-0.2, -0.15) is 4.98 Å². The summed E-state index contributed by atoms with van der Waals surface area (Å²) in [7, 11) is -2.22. The summed E-state index contributed by atoms with van der Waals surface area (Å²) in [6, 6.07) is 13.4. The zero-order chi connectivity index (χ0) is 21.1. The Balaban J connectivity index is 1.43. The summed E-state index contributed by atoms with van der Waals surface area (Å²) < 4.78 is 37.9. The highest BCUT2D eigenvalue weighted by Gasteiger charge is 2.22. The number of benzene rings is 2. The molecule has 3 aromatic rings. The predicted octanol–water partition coefficient (Wildman–Crippen LogP) is 2.35. The highest BCUT2D eigenvalue weighted by molar-refractivity contribution is 7.89. The lowest BCUT2D eigenvalue weighted by molar-refractivity contribution is -0.117. The van der Waals surface area contributed by atoms with Crippen LogP contribution in [0, 0.1) is 0 Å². The molecule has 9 nitrogen and oxygen atoms in total. The molecule has 0 spiro atoms. The van der Waals surface area contributed by atoms with Gasteiger partial charge in [0.05, 0.1) is 18.6 Å². The third-order valence-corrected chi connectivity index (χ3v) is 6.16. The molecule has 0 unspecified atom stereocenters. The van der Waals surface area contributed by atoms with Crippen LogP contribution in [-0.4, -0.2) is 38.1 Å². The van der Waals surface area contributed by atoms with E-state index in [2.05, 4.69) is 14.9 Å². The average molecular weight is 428 g/mol. The largest absolute Gasteiger partial charge is 0.497 e. The SMILES string of the molecule is COc1cccc(-c2noc(CNS(=O)(=O)c3ccc(N4CCCC4=O)cc3)n2)c1. The fourth-order valence-electron chi connectivity index (χ4n) is 3.17. The Kier molecular flexibility index (Phi) is 5.51. The summed E-state index contributed by atoms with van der Waals surface area (Å²) in [5.41, 5.74) is 1.38. The van der Waals surface area contributed by atoms with Crippen molar-refractivity contribution in [3.63, 3.8) is 0 Å². The maximum Gasteiger partial charge on any atom is 0.242 e. The highest BCUT2D eigenvalue weighted by atomic mass is 32.2. The van der Waals surface area contributed by atoms with E-state index in [0.717, 1.165) is 6.42 Å². The summed E-state index contributed by atoms with van der Waals surface area (Å²) >= 11 is 0. The smallest absolute Gasteiger partial charge is 0.242 e. The zero-order valence-corrected chi connectivity index (χ0v) is 17.1. The van der Waals surface area contributed by atoms with E-state index in [1.54, 1.807) is 48.4 Å². The molecule has 1 N–H and O–H groups in total. The van der Waals surface area contributed by atoms with Gasteiger partial charge in [0.2, 0.25) is 27.6 Å². The van der Waals surface area contributed by atoms with Crippen molar-refractivity contribution in [3.05, 3.63) is 54.4 Å². The molecular formula is C20H20N4O5S. The Morgan fingerprint density at radius 1 is 1.20 bits per heavy atom.